The fourth-order valence-electron chi connectivity index (χ4n) is 4.26. The van der Waals surface area contributed by atoms with Gasteiger partial charge in [0.05, 0.1) is 13.7 Å². The maximum absolute atomic E-state index is 13.1. The molecule has 1 aromatic heterocycles. The van der Waals surface area contributed by atoms with Gasteiger partial charge in [0.2, 0.25) is 5.91 Å². The Bertz CT molecular complexity index is 1280. The van der Waals surface area contributed by atoms with E-state index in [0.717, 1.165) is 10.9 Å². The van der Waals surface area contributed by atoms with E-state index in [2.05, 4.69) is 15.6 Å². The molecule has 0 aliphatic carbocycles. The molecule has 2 unspecified atom stereocenters. The third kappa shape index (κ3) is 6.69. The van der Waals surface area contributed by atoms with Crippen molar-refractivity contribution in [3.63, 3.8) is 0 Å². The number of ether oxygens (including phenoxy) is 3. The first kappa shape index (κ1) is 25.8. The van der Waals surface area contributed by atoms with Crippen LogP contribution >= 0.6 is 0 Å². The molecule has 2 amide bonds. The Hall–Kier alpha value is -4.27. The Morgan fingerprint density at radius 3 is 2.68 bits per heavy atom. The molecule has 1 aliphatic rings. The zero-order chi connectivity index (χ0) is 26.2. The number of amides is 2. The van der Waals surface area contributed by atoms with Crippen molar-refractivity contribution in [1.82, 2.24) is 15.6 Å². The highest BCUT2D eigenvalue weighted by Crippen LogP contribution is 2.33. The Kier molecular flexibility index (Phi) is 8.45. The monoisotopic (exact) mass is 505 g/mol. The lowest BCUT2D eigenvalue weighted by molar-refractivity contribution is -0.137. The molecule has 2 aromatic carbocycles. The van der Waals surface area contributed by atoms with E-state index in [0.29, 0.717) is 48.7 Å². The van der Waals surface area contributed by atoms with Crippen molar-refractivity contribution >= 4 is 28.7 Å². The first-order valence-corrected chi connectivity index (χ1v) is 12.3. The van der Waals surface area contributed by atoms with Crippen LogP contribution in [0.15, 0.2) is 60.7 Å². The highest BCUT2D eigenvalue weighted by molar-refractivity contribution is 5.99. The summed E-state index contributed by atoms with van der Waals surface area (Å²) in [5.74, 6) is -0.0535. The second-order valence-corrected chi connectivity index (χ2v) is 8.75. The summed E-state index contributed by atoms with van der Waals surface area (Å²) in [7, 11) is 1.57. The van der Waals surface area contributed by atoms with Crippen LogP contribution in [0.2, 0.25) is 0 Å². The van der Waals surface area contributed by atoms with E-state index in [-0.39, 0.29) is 24.3 Å². The number of rotatable bonds is 11. The van der Waals surface area contributed by atoms with Crippen LogP contribution in [0, 0.1) is 5.92 Å². The summed E-state index contributed by atoms with van der Waals surface area (Å²) in [5.41, 5.74) is 2.07. The third-order valence-electron chi connectivity index (χ3n) is 6.16. The quantitative estimate of drug-likeness (QED) is 0.271. The minimum atomic E-state index is -0.531. The molecule has 9 nitrogen and oxygen atoms in total. The van der Waals surface area contributed by atoms with Gasteiger partial charge in [0, 0.05) is 41.5 Å². The molecule has 3 N–H and O–H groups in total. The van der Waals surface area contributed by atoms with Crippen molar-refractivity contribution in [1.29, 1.82) is 0 Å². The molecule has 0 radical (unpaired) electrons. The summed E-state index contributed by atoms with van der Waals surface area (Å²) >= 11 is 0. The van der Waals surface area contributed by atoms with Crippen molar-refractivity contribution in [2.24, 2.45) is 5.92 Å². The zero-order valence-electron chi connectivity index (χ0n) is 20.9. The smallest absolute Gasteiger partial charge is 0.330 e. The number of carbonyl (C=O) groups is 3. The third-order valence-corrected chi connectivity index (χ3v) is 6.16. The number of esters is 1. The largest absolute Gasteiger partial charge is 0.493 e. The highest BCUT2D eigenvalue weighted by atomic mass is 16.5. The lowest BCUT2D eigenvalue weighted by atomic mass is 9.98. The minimum Gasteiger partial charge on any atom is -0.493 e. The SMILES string of the molecule is CCOC(=O)/C=C/C(CC1CCNC1=O)NC(=O)c1cc2cc(OC)c(OCc3ccccc3)cc2[nH]1. The van der Waals surface area contributed by atoms with Gasteiger partial charge in [-0.05, 0) is 37.5 Å². The molecule has 194 valence electrons. The highest BCUT2D eigenvalue weighted by Gasteiger charge is 2.27. The van der Waals surface area contributed by atoms with Gasteiger partial charge in [-0.1, -0.05) is 36.4 Å². The van der Waals surface area contributed by atoms with E-state index < -0.39 is 12.0 Å². The number of aromatic amines is 1. The number of hydrogen-bond donors (Lipinski definition) is 3. The van der Waals surface area contributed by atoms with Gasteiger partial charge in [0.15, 0.2) is 11.5 Å². The van der Waals surface area contributed by atoms with Gasteiger partial charge in [-0.3, -0.25) is 9.59 Å². The lowest BCUT2D eigenvalue weighted by Crippen LogP contribution is -2.36. The molecule has 0 bridgehead atoms. The van der Waals surface area contributed by atoms with Crippen LogP contribution < -0.4 is 20.1 Å². The summed E-state index contributed by atoms with van der Waals surface area (Å²) in [6.45, 7) is 2.95. The number of methoxy groups -OCH3 is 1. The van der Waals surface area contributed by atoms with E-state index in [9.17, 15) is 14.4 Å². The molecule has 1 saturated heterocycles. The Balaban J connectivity index is 1.51. The Morgan fingerprint density at radius 1 is 1.16 bits per heavy atom. The first-order valence-electron chi connectivity index (χ1n) is 12.3. The number of benzene rings is 2. The molecular weight excluding hydrogens is 474 g/mol. The molecule has 1 fully saturated rings. The summed E-state index contributed by atoms with van der Waals surface area (Å²) in [6.07, 6.45) is 3.91. The van der Waals surface area contributed by atoms with Gasteiger partial charge in [0.1, 0.15) is 12.3 Å². The predicted molar refractivity (Wildman–Crippen MR) is 138 cm³/mol. The van der Waals surface area contributed by atoms with Crippen molar-refractivity contribution in [3.8, 4) is 11.5 Å². The van der Waals surface area contributed by atoms with Gasteiger partial charge in [-0.15, -0.1) is 0 Å². The van der Waals surface area contributed by atoms with Crippen LogP contribution in [0.1, 0.15) is 35.8 Å². The minimum absolute atomic E-state index is 0.0514. The maximum Gasteiger partial charge on any atom is 0.330 e. The van der Waals surface area contributed by atoms with Crippen LogP contribution in [0.4, 0.5) is 0 Å². The van der Waals surface area contributed by atoms with E-state index in [1.165, 1.54) is 6.08 Å². The summed E-state index contributed by atoms with van der Waals surface area (Å²) in [4.78, 5) is 40.2. The molecule has 0 spiro atoms. The van der Waals surface area contributed by atoms with Crippen LogP contribution in [0.25, 0.3) is 10.9 Å². The second-order valence-electron chi connectivity index (χ2n) is 8.75. The van der Waals surface area contributed by atoms with Gasteiger partial charge >= 0.3 is 5.97 Å². The van der Waals surface area contributed by atoms with Gasteiger partial charge in [-0.25, -0.2) is 4.79 Å². The Morgan fingerprint density at radius 2 is 1.97 bits per heavy atom. The molecule has 4 rings (SSSR count). The number of fused-ring (bicyclic) bond motifs is 1. The molecule has 9 heteroatoms. The molecule has 1 aliphatic heterocycles. The standard InChI is InChI=1S/C28H31N3O6/c1-3-36-26(32)10-9-21(13-19-11-12-29-27(19)33)30-28(34)23-14-20-15-24(35-2)25(16-22(20)31-23)37-17-18-7-5-4-6-8-18/h4-10,14-16,19,21,31H,3,11-13,17H2,1-2H3,(H,29,33)(H,30,34)/b10-9+. The van der Waals surface area contributed by atoms with Crippen LogP contribution in [0.3, 0.4) is 0 Å². The van der Waals surface area contributed by atoms with Crippen molar-refractivity contribution < 1.29 is 28.6 Å². The molecular formula is C28H31N3O6. The van der Waals surface area contributed by atoms with E-state index >= 15 is 0 Å². The van der Waals surface area contributed by atoms with Gasteiger partial charge in [-0.2, -0.15) is 0 Å². The fraction of sp³-hybridized carbons (Fsp3) is 0.321. The van der Waals surface area contributed by atoms with Crippen molar-refractivity contribution in [3.05, 3.63) is 71.9 Å². The molecule has 3 aromatic rings. The lowest BCUT2D eigenvalue weighted by Gasteiger charge is -2.17. The fourth-order valence-corrected chi connectivity index (χ4v) is 4.26. The van der Waals surface area contributed by atoms with Crippen molar-refractivity contribution in [2.45, 2.75) is 32.4 Å². The number of aromatic nitrogens is 1. The number of carbonyl (C=O) groups excluding carboxylic acids is 3. The number of nitrogens with one attached hydrogen (secondary N) is 3. The number of H-pyrrole nitrogens is 1. The van der Waals surface area contributed by atoms with Crippen LogP contribution in [-0.4, -0.2) is 49.1 Å². The average molecular weight is 506 g/mol. The van der Waals surface area contributed by atoms with Gasteiger partial charge < -0.3 is 29.8 Å². The normalized spacial score (nSPS) is 15.9. The van der Waals surface area contributed by atoms with E-state index in [4.69, 9.17) is 14.2 Å². The van der Waals surface area contributed by atoms with Gasteiger partial charge in [0.25, 0.3) is 5.91 Å². The molecule has 2 atom stereocenters. The first-order chi connectivity index (χ1) is 18.0. The van der Waals surface area contributed by atoms with Crippen LogP contribution in [-0.2, 0) is 20.9 Å². The topological polar surface area (TPSA) is 119 Å². The van der Waals surface area contributed by atoms with E-state index in [1.807, 2.05) is 36.4 Å². The molecule has 37 heavy (non-hydrogen) atoms. The molecule has 2 heterocycles. The Labute approximate surface area is 215 Å². The second kappa shape index (κ2) is 12.1. The summed E-state index contributed by atoms with van der Waals surface area (Å²) < 4.78 is 16.4. The zero-order valence-corrected chi connectivity index (χ0v) is 20.9. The maximum atomic E-state index is 13.1. The number of hydrogen-bond acceptors (Lipinski definition) is 6. The van der Waals surface area contributed by atoms with E-state index in [1.54, 1.807) is 32.2 Å². The average Bonchev–Trinajstić information content (AvgIpc) is 3.51. The van der Waals surface area contributed by atoms with Crippen LogP contribution in [0.5, 0.6) is 11.5 Å². The predicted octanol–water partition coefficient (Wildman–Crippen LogP) is 3.50. The summed E-state index contributed by atoms with van der Waals surface area (Å²) in [5, 5.41) is 6.50. The van der Waals surface area contributed by atoms with Crippen molar-refractivity contribution in [2.75, 3.05) is 20.3 Å². The molecule has 0 saturated carbocycles. The summed E-state index contributed by atoms with van der Waals surface area (Å²) in [6, 6.07) is 14.6.